The van der Waals surface area contributed by atoms with Gasteiger partial charge in [0.25, 0.3) is 6.71 Å². The van der Waals surface area contributed by atoms with Gasteiger partial charge in [-0.05, 0) is 147 Å². The highest BCUT2D eigenvalue weighted by atomic mass is 32.1. The molecule has 14 rings (SSSR count). The SMILES string of the molecule is CC(C)(C)c1ccc(N(c2ccc3c(c2)N(c2ccc(C(C)(C)C)cc2-c2ccccc2)c2cc(-c4ccccc4)cc4c2B3c2cccc3c2N4C2(C)CCCCC32C)c2ccc3c(c2)sc2ccccc23)cc1. The summed E-state index contributed by atoms with van der Waals surface area (Å²) < 4.78 is 2.61. The molecule has 368 valence electrons. The first-order valence-electron chi connectivity index (χ1n) is 27.3. The maximum Gasteiger partial charge on any atom is 0.252 e. The molecule has 0 spiro atoms. The van der Waals surface area contributed by atoms with Gasteiger partial charge in [-0.15, -0.1) is 11.3 Å². The van der Waals surface area contributed by atoms with Gasteiger partial charge in [0.2, 0.25) is 0 Å². The minimum Gasteiger partial charge on any atom is -0.335 e. The first-order valence-corrected chi connectivity index (χ1v) is 28.1. The Kier molecular flexibility index (Phi) is 10.2. The molecule has 4 heterocycles. The van der Waals surface area contributed by atoms with Gasteiger partial charge >= 0.3 is 0 Å². The average Bonchev–Trinajstić information content (AvgIpc) is 4.08. The van der Waals surface area contributed by atoms with Crippen LogP contribution in [-0.2, 0) is 16.2 Å². The summed E-state index contributed by atoms with van der Waals surface area (Å²) in [6, 6.07) is 74.8. The van der Waals surface area contributed by atoms with Crippen LogP contribution >= 0.6 is 11.3 Å². The number of para-hydroxylation sites is 1. The fourth-order valence-corrected chi connectivity index (χ4v) is 15.1. The van der Waals surface area contributed by atoms with Gasteiger partial charge in [0, 0.05) is 71.0 Å². The van der Waals surface area contributed by atoms with Crippen molar-refractivity contribution in [1.29, 1.82) is 0 Å². The Labute approximate surface area is 448 Å². The summed E-state index contributed by atoms with van der Waals surface area (Å²) in [5.74, 6) is 0. The van der Waals surface area contributed by atoms with E-state index in [0.29, 0.717) is 0 Å². The Hall–Kier alpha value is -7.34. The van der Waals surface area contributed by atoms with Crippen LogP contribution in [-0.4, -0.2) is 12.3 Å². The van der Waals surface area contributed by atoms with Crippen LogP contribution in [0.5, 0.6) is 0 Å². The van der Waals surface area contributed by atoms with E-state index < -0.39 is 0 Å². The fraction of sp³-hybridized carbons (Fsp3) is 0.229. The van der Waals surface area contributed by atoms with E-state index in [-0.39, 0.29) is 28.5 Å². The smallest absolute Gasteiger partial charge is 0.252 e. The molecular weight excluding hydrogens is 926 g/mol. The van der Waals surface area contributed by atoms with Crippen molar-refractivity contribution >= 4 is 100 Å². The minimum atomic E-state index is -0.0885. The summed E-state index contributed by atoms with van der Waals surface area (Å²) in [5, 5.41) is 2.62. The number of rotatable bonds is 6. The van der Waals surface area contributed by atoms with E-state index in [2.05, 4.69) is 264 Å². The molecule has 1 aliphatic carbocycles. The predicted octanol–water partition coefficient (Wildman–Crippen LogP) is 17.8. The average molecular weight is 990 g/mol. The van der Waals surface area contributed by atoms with Crippen LogP contribution < -0.4 is 31.1 Å². The van der Waals surface area contributed by atoms with Gasteiger partial charge in [0.1, 0.15) is 0 Å². The molecule has 1 saturated carbocycles. The third-order valence-corrected chi connectivity index (χ3v) is 19.2. The molecule has 0 bridgehead atoms. The van der Waals surface area contributed by atoms with Crippen molar-refractivity contribution in [2.24, 2.45) is 0 Å². The van der Waals surface area contributed by atoms with Crippen molar-refractivity contribution in [3.8, 4) is 22.3 Å². The van der Waals surface area contributed by atoms with Gasteiger partial charge in [-0.1, -0.05) is 189 Å². The van der Waals surface area contributed by atoms with Crippen LogP contribution in [0.25, 0.3) is 42.4 Å². The van der Waals surface area contributed by atoms with Gasteiger partial charge in [-0.2, -0.15) is 0 Å². The van der Waals surface area contributed by atoms with Crippen LogP contribution in [0.4, 0.5) is 45.5 Å². The van der Waals surface area contributed by atoms with E-state index in [9.17, 15) is 0 Å². The van der Waals surface area contributed by atoms with Crippen molar-refractivity contribution in [2.45, 2.75) is 103 Å². The van der Waals surface area contributed by atoms with Gasteiger partial charge in [-0.3, -0.25) is 0 Å². The molecule has 3 nitrogen and oxygen atoms in total. The van der Waals surface area contributed by atoms with Crippen LogP contribution in [0.15, 0.2) is 194 Å². The lowest BCUT2D eigenvalue weighted by molar-refractivity contribution is 0.195. The Morgan fingerprint density at radius 2 is 1.12 bits per heavy atom. The highest BCUT2D eigenvalue weighted by molar-refractivity contribution is 7.25. The summed E-state index contributed by atoms with van der Waals surface area (Å²) in [5.41, 5.74) is 23.0. The number of fused-ring (bicyclic) bond motifs is 10. The van der Waals surface area contributed by atoms with Crippen LogP contribution in [0.2, 0.25) is 0 Å². The van der Waals surface area contributed by atoms with Crippen molar-refractivity contribution < 1.29 is 0 Å². The highest BCUT2D eigenvalue weighted by Crippen LogP contribution is 2.62. The van der Waals surface area contributed by atoms with Crippen molar-refractivity contribution in [3.63, 3.8) is 0 Å². The van der Waals surface area contributed by atoms with Crippen LogP contribution in [0.3, 0.4) is 0 Å². The van der Waals surface area contributed by atoms with Crippen molar-refractivity contribution in [2.75, 3.05) is 14.7 Å². The zero-order valence-corrected chi connectivity index (χ0v) is 45.4. The molecule has 1 aromatic heterocycles. The van der Waals surface area contributed by atoms with Gasteiger partial charge in [0.15, 0.2) is 0 Å². The van der Waals surface area contributed by atoms with Crippen molar-refractivity contribution in [3.05, 3.63) is 211 Å². The molecule has 0 radical (unpaired) electrons. The monoisotopic (exact) mass is 989 g/mol. The lowest BCUT2D eigenvalue weighted by Gasteiger charge is -2.53. The molecule has 4 aliphatic rings. The molecule has 5 heteroatoms. The van der Waals surface area contributed by atoms with Gasteiger partial charge < -0.3 is 14.7 Å². The highest BCUT2D eigenvalue weighted by Gasteiger charge is 2.61. The molecule has 10 aromatic rings. The Morgan fingerprint density at radius 1 is 0.480 bits per heavy atom. The molecule has 2 atom stereocenters. The van der Waals surface area contributed by atoms with Gasteiger partial charge in [0.05, 0.1) is 11.2 Å². The first-order chi connectivity index (χ1) is 36.2. The zero-order chi connectivity index (χ0) is 51.2. The van der Waals surface area contributed by atoms with E-state index in [1.165, 1.54) is 123 Å². The van der Waals surface area contributed by atoms with E-state index >= 15 is 0 Å². The number of hydrogen-bond donors (Lipinski definition) is 0. The molecule has 0 amide bonds. The first kappa shape index (κ1) is 46.2. The molecule has 75 heavy (non-hydrogen) atoms. The quantitative estimate of drug-likeness (QED) is 0.154. The third kappa shape index (κ3) is 6.92. The largest absolute Gasteiger partial charge is 0.335 e. The Morgan fingerprint density at radius 3 is 1.88 bits per heavy atom. The molecule has 0 saturated heterocycles. The van der Waals surface area contributed by atoms with E-state index in [0.717, 1.165) is 23.5 Å². The number of thiophene rings is 1. The third-order valence-electron chi connectivity index (χ3n) is 18.1. The number of hydrogen-bond acceptors (Lipinski definition) is 4. The number of anilines is 8. The molecular formula is C70H64BN3S. The molecule has 9 aromatic carbocycles. The summed E-state index contributed by atoms with van der Waals surface area (Å²) in [4.78, 5) is 8.05. The summed E-state index contributed by atoms with van der Waals surface area (Å²) in [6.07, 6.45) is 4.84. The maximum atomic E-state index is 2.87. The predicted molar refractivity (Wildman–Crippen MR) is 324 cm³/mol. The number of benzene rings is 9. The standard InChI is InChI=1S/C70H64BN3S/c1-67(2,3)48-28-31-50(32-29-48)72(52-33-35-54-53-24-15-16-27-63(53)75-64(54)44-52)51-34-36-57-60(43-51)73(59-37-30-49(68(4,5)6)42-55(59)46-22-13-10-14-23-46)61-40-47(45-20-11-9-12-21-45)41-62-65(61)71(57)58-26-19-25-56-66(58)74(62)70(8)39-18-17-38-69(56,70)7/h9-16,19-37,40-44H,17-18,38-39H2,1-8H3. The molecule has 0 N–H and O–H groups in total. The lowest BCUT2D eigenvalue weighted by atomic mass is 9.33. The normalized spacial score (nSPS) is 18.5. The summed E-state index contributed by atoms with van der Waals surface area (Å²) in [7, 11) is 0. The van der Waals surface area contributed by atoms with E-state index in [1.807, 2.05) is 11.3 Å². The summed E-state index contributed by atoms with van der Waals surface area (Å²) >= 11 is 1.88. The van der Waals surface area contributed by atoms with Crippen LogP contribution in [0.1, 0.15) is 97.8 Å². The molecule has 3 aliphatic heterocycles. The van der Waals surface area contributed by atoms with E-state index in [1.54, 1.807) is 0 Å². The second-order valence-electron chi connectivity index (χ2n) is 24.5. The Bertz CT molecular complexity index is 3920. The van der Waals surface area contributed by atoms with E-state index in [4.69, 9.17) is 0 Å². The molecule has 1 fully saturated rings. The second kappa shape index (κ2) is 16.6. The summed E-state index contributed by atoms with van der Waals surface area (Å²) in [6.45, 7) is 19.1. The lowest BCUT2D eigenvalue weighted by Crippen LogP contribution is -2.64. The second-order valence-corrected chi connectivity index (χ2v) is 25.5. The topological polar surface area (TPSA) is 9.72 Å². The fourth-order valence-electron chi connectivity index (χ4n) is 13.9. The van der Waals surface area contributed by atoms with Crippen molar-refractivity contribution in [1.82, 2.24) is 0 Å². The minimum absolute atomic E-state index is 0.00785. The number of nitrogens with zero attached hydrogens (tertiary/aromatic N) is 3. The zero-order valence-electron chi connectivity index (χ0n) is 44.6. The van der Waals surface area contributed by atoms with Crippen LogP contribution in [0, 0.1) is 0 Å². The maximum absolute atomic E-state index is 2.87. The van der Waals surface area contributed by atoms with Gasteiger partial charge in [-0.25, -0.2) is 0 Å². The molecule has 2 unspecified atom stereocenters. The Balaban J connectivity index is 1.09.